The summed E-state index contributed by atoms with van der Waals surface area (Å²) in [5, 5.41) is 22.8. The second-order valence-corrected chi connectivity index (χ2v) is 8.41. The predicted octanol–water partition coefficient (Wildman–Crippen LogP) is 2.84. The van der Waals surface area contributed by atoms with E-state index in [4.69, 9.17) is 4.74 Å². The van der Waals surface area contributed by atoms with Crippen LogP contribution in [0.25, 0.3) is 0 Å². The molecule has 1 amide bonds. The second kappa shape index (κ2) is 7.68. The van der Waals surface area contributed by atoms with Crippen LogP contribution in [0.3, 0.4) is 0 Å². The predicted molar refractivity (Wildman–Crippen MR) is 91.6 cm³/mol. The SMILES string of the molecule is CC(C)(C)OC(=O)N[C@H](C(=O)O)C(C)(C)Sc1ccc([N+](=O)[O-])cn1. The molecule has 0 fully saturated rings. The van der Waals surface area contributed by atoms with Gasteiger partial charge < -0.3 is 15.2 Å². The van der Waals surface area contributed by atoms with Gasteiger partial charge in [-0.2, -0.15) is 0 Å². The number of carbonyl (C=O) groups excluding carboxylic acids is 1. The Morgan fingerprint density at radius 2 is 1.92 bits per heavy atom. The summed E-state index contributed by atoms with van der Waals surface area (Å²) in [6, 6.07) is 1.45. The van der Waals surface area contributed by atoms with Crippen LogP contribution in [-0.4, -0.2) is 43.5 Å². The third kappa shape index (κ3) is 6.57. The number of hydrogen-bond donors (Lipinski definition) is 2. The molecule has 0 aromatic carbocycles. The number of nitrogens with one attached hydrogen (secondary N) is 1. The molecule has 0 aliphatic rings. The van der Waals surface area contributed by atoms with Gasteiger partial charge in [0.2, 0.25) is 0 Å². The van der Waals surface area contributed by atoms with Gasteiger partial charge >= 0.3 is 12.1 Å². The third-order valence-electron chi connectivity index (χ3n) is 2.90. The van der Waals surface area contributed by atoms with Crippen molar-refractivity contribution in [1.29, 1.82) is 0 Å². The number of aliphatic carboxylic acids is 1. The minimum atomic E-state index is -1.26. The lowest BCUT2D eigenvalue weighted by atomic mass is 10.0. The molecular formula is C15H21N3O6S. The van der Waals surface area contributed by atoms with E-state index in [9.17, 15) is 24.8 Å². The zero-order valence-electron chi connectivity index (χ0n) is 14.6. The molecule has 1 aromatic rings. The van der Waals surface area contributed by atoms with Crippen LogP contribution in [-0.2, 0) is 9.53 Å². The highest BCUT2D eigenvalue weighted by atomic mass is 32.2. The smallest absolute Gasteiger partial charge is 0.408 e. The van der Waals surface area contributed by atoms with Crippen LogP contribution in [0, 0.1) is 10.1 Å². The molecule has 0 spiro atoms. The highest BCUT2D eigenvalue weighted by molar-refractivity contribution is 8.00. The minimum Gasteiger partial charge on any atom is -0.480 e. The van der Waals surface area contributed by atoms with Gasteiger partial charge in [-0.05, 0) is 40.7 Å². The first-order chi connectivity index (χ1) is 11.3. The zero-order chi connectivity index (χ0) is 19.4. The van der Waals surface area contributed by atoms with Crippen molar-refractivity contribution in [3.63, 3.8) is 0 Å². The van der Waals surface area contributed by atoms with Gasteiger partial charge in [0.15, 0.2) is 0 Å². The second-order valence-electron chi connectivity index (χ2n) is 6.73. The molecule has 0 unspecified atom stereocenters. The quantitative estimate of drug-likeness (QED) is 0.443. The number of pyridine rings is 1. The van der Waals surface area contributed by atoms with Crippen LogP contribution in [0.15, 0.2) is 23.4 Å². The lowest BCUT2D eigenvalue weighted by molar-refractivity contribution is -0.385. The number of carboxylic acid groups (broad SMARTS) is 1. The van der Waals surface area contributed by atoms with Gasteiger partial charge in [-0.15, -0.1) is 0 Å². The number of alkyl carbamates (subject to hydrolysis) is 1. The molecule has 1 atom stereocenters. The minimum absolute atomic E-state index is 0.163. The molecule has 0 aliphatic carbocycles. The molecule has 25 heavy (non-hydrogen) atoms. The monoisotopic (exact) mass is 371 g/mol. The van der Waals surface area contributed by atoms with Crippen LogP contribution >= 0.6 is 11.8 Å². The molecule has 138 valence electrons. The third-order valence-corrected chi connectivity index (χ3v) is 4.11. The van der Waals surface area contributed by atoms with Crippen LogP contribution in [0.5, 0.6) is 0 Å². The Morgan fingerprint density at radius 1 is 1.32 bits per heavy atom. The van der Waals surface area contributed by atoms with E-state index in [1.807, 2.05) is 0 Å². The molecule has 0 radical (unpaired) electrons. The summed E-state index contributed by atoms with van der Waals surface area (Å²) in [6.07, 6.45) is 0.250. The molecule has 0 bridgehead atoms. The van der Waals surface area contributed by atoms with Gasteiger partial charge in [0.05, 0.1) is 9.95 Å². The van der Waals surface area contributed by atoms with E-state index in [1.165, 1.54) is 12.1 Å². The van der Waals surface area contributed by atoms with Gasteiger partial charge in [0.1, 0.15) is 17.8 Å². The van der Waals surface area contributed by atoms with Gasteiger partial charge in [0.25, 0.3) is 5.69 Å². The number of aromatic nitrogens is 1. The Balaban J connectivity index is 2.91. The van der Waals surface area contributed by atoms with E-state index in [0.717, 1.165) is 18.0 Å². The molecule has 10 heteroatoms. The van der Waals surface area contributed by atoms with Crippen molar-refractivity contribution in [2.45, 2.75) is 56.0 Å². The maximum Gasteiger partial charge on any atom is 0.408 e. The molecule has 9 nitrogen and oxygen atoms in total. The first-order valence-corrected chi connectivity index (χ1v) is 8.15. The van der Waals surface area contributed by atoms with E-state index in [0.29, 0.717) is 5.03 Å². The summed E-state index contributed by atoms with van der Waals surface area (Å²) in [5.74, 6) is -1.23. The summed E-state index contributed by atoms with van der Waals surface area (Å²) in [6.45, 7) is 8.25. The van der Waals surface area contributed by atoms with Crippen molar-refractivity contribution < 1.29 is 24.4 Å². The van der Waals surface area contributed by atoms with Gasteiger partial charge in [-0.3, -0.25) is 10.1 Å². The van der Waals surface area contributed by atoms with E-state index < -0.39 is 33.4 Å². The Hall–Kier alpha value is -2.36. The standard InChI is InChI=1S/C15H21N3O6S/c1-14(2,3)24-13(21)17-11(12(19)20)15(4,5)25-10-7-6-9(8-16-10)18(22)23/h6-8,11H,1-5H3,(H,17,21)(H,19,20)/t11-/m1/s1. The fraction of sp³-hybridized carbons (Fsp3) is 0.533. The zero-order valence-corrected chi connectivity index (χ0v) is 15.4. The van der Waals surface area contributed by atoms with Gasteiger partial charge in [-0.1, -0.05) is 11.8 Å². The van der Waals surface area contributed by atoms with Crippen molar-refractivity contribution in [2.24, 2.45) is 0 Å². The number of rotatable bonds is 6. The summed E-state index contributed by atoms with van der Waals surface area (Å²) in [4.78, 5) is 37.5. The number of nitrogens with zero attached hydrogens (tertiary/aromatic N) is 2. The normalized spacial score (nSPS) is 13.0. The maximum absolute atomic E-state index is 11.9. The van der Waals surface area contributed by atoms with Crippen molar-refractivity contribution in [2.75, 3.05) is 0 Å². The van der Waals surface area contributed by atoms with E-state index >= 15 is 0 Å². The van der Waals surface area contributed by atoms with Gasteiger partial charge in [-0.25, -0.2) is 14.6 Å². The molecule has 1 rings (SSSR count). The molecule has 0 aliphatic heterocycles. The van der Waals surface area contributed by atoms with Crippen molar-refractivity contribution in [3.05, 3.63) is 28.4 Å². The summed E-state index contributed by atoms with van der Waals surface area (Å²) < 4.78 is 4.10. The van der Waals surface area contributed by atoms with Crippen LogP contribution in [0.1, 0.15) is 34.6 Å². The summed E-state index contributed by atoms with van der Waals surface area (Å²) >= 11 is 1.08. The number of nitro groups is 1. The van der Waals surface area contributed by atoms with Crippen LogP contribution in [0.4, 0.5) is 10.5 Å². The fourth-order valence-electron chi connectivity index (χ4n) is 1.83. The molecular weight excluding hydrogens is 350 g/mol. The van der Waals surface area contributed by atoms with Gasteiger partial charge in [0, 0.05) is 10.8 Å². The summed E-state index contributed by atoms with van der Waals surface area (Å²) in [7, 11) is 0. The Bertz CT molecular complexity index is 654. The summed E-state index contributed by atoms with van der Waals surface area (Å²) in [5.41, 5.74) is -0.923. The van der Waals surface area contributed by atoms with E-state index in [1.54, 1.807) is 34.6 Å². The van der Waals surface area contributed by atoms with Crippen LogP contribution in [0.2, 0.25) is 0 Å². The van der Waals surface area contributed by atoms with E-state index in [-0.39, 0.29) is 5.69 Å². The Morgan fingerprint density at radius 3 is 2.32 bits per heavy atom. The largest absolute Gasteiger partial charge is 0.480 e. The Kier molecular flexibility index (Phi) is 6.36. The van der Waals surface area contributed by atoms with Crippen molar-refractivity contribution in [3.8, 4) is 0 Å². The van der Waals surface area contributed by atoms with Crippen molar-refractivity contribution in [1.82, 2.24) is 10.3 Å². The lowest BCUT2D eigenvalue weighted by Crippen LogP contribution is -2.53. The number of thioether (sulfide) groups is 1. The molecule has 0 saturated carbocycles. The number of carbonyl (C=O) groups is 2. The molecule has 2 N–H and O–H groups in total. The highest BCUT2D eigenvalue weighted by Crippen LogP contribution is 2.34. The number of ether oxygens (including phenoxy) is 1. The lowest BCUT2D eigenvalue weighted by Gasteiger charge is -2.31. The highest BCUT2D eigenvalue weighted by Gasteiger charge is 2.39. The number of amides is 1. The number of hydrogen-bond acceptors (Lipinski definition) is 7. The van der Waals surface area contributed by atoms with E-state index in [2.05, 4.69) is 10.3 Å². The molecule has 1 aromatic heterocycles. The molecule has 1 heterocycles. The topological polar surface area (TPSA) is 132 Å². The first-order valence-electron chi connectivity index (χ1n) is 7.33. The maximum atomic E-state index is 11.9. The molecule has 0 saturated heterocycles. The average molecular weight is 371 g/mol. The first kappa shape index (κ1) is 20.7. The van der Waals surface area contributed by atoms with Crippen LogP contribution < -0.4 is 5.32 Å². The van der Waals surface area contributed by atoms with Crippen molar-refractivity contribution >= 4 is 29.5 Å². The average Bonchev–Trinajstić information content (AvgIpc) is 2.42. The number of carboxylic acids is 1. The Labute approximate surface area is 149 Å². The fourth-order valence-corrected chi connectivity index (χ4v) is 2.89.